The van der Waals surface area contributed by atoms with E-state index in [1.54, 1.807) is 13.8 Å². The van der Waals surface area contributed by atoms with Crippen LogP contribution in [0.1, 0.15) is 20.3 Å². The molecule has 1 rings (SSSR count). The van der Waals surface area contributed by atoms with Gasteiger partial charge in [-0.15, -0.1) is 0 Å². The Kier molecular flexibility index (Phi) is 8.46. The van der Waals surface area contributed by atoms with Crippen molar-refractivity contribution in [1.29, 1.82) is 0 Å². The summed E-state index contributed by atoms with van der Waals surface area (Å²) in [5, 5.41) is 24.2. The highest BCUT2D eigenvalue weighted by molar-refractivity contribution is 5.82. The summed E-state index contributed by atoms with van der Waals surface area (Å²) in [7, 11) is 0. The third-order valence-corrected chi connectivity index (χ3v) is 3.90. The summed E-state index contributed by atoms with van der Waals surface area (Å²) in [6, 6.07) is 0. The molecular weight excluding hydrogens is 302 g/mol. The van der Waals surface area contributed by atoms with Gasteiger partial charge in [-0.1, -0.05) is 13.8 Å². The van der Waals surface area contributed by atoms with E-state index in [0.717, 1.165) is 32.8 Å². The van der Waals surface area contributed by atoms with Crippen molar-refractivity contribution in [3.63, 3.8) is 0 Å². The van der Waals surface area contributed by atoms with Gasteiger partial charge in [0.2, 0.25) is 11.8 Å². The first-order valence-electron chi connectivity index (χ1n) is 8.00. The van der Waals surface area contributed by atoms with Gasteiger partial charge >= 0.3 is 0 Å². The zero-order valence-corrected chi connectivity index (χ0v) is 14.0. The fraction of sp³-hybridized carbons (Fsp3) is 0.867. The molecule has 0 saturated carbocycles. The van der Waals surface area contributed by atoms with Crippen molar-refractivity contribution in [2.45, 2.75) is 26.4 Å². The highest BCUT2D eigenvalue weighted by atomic mass is 16.5. The summed E-state index contributed by atoms with van der Waals surface area (Å²) in [6.07, 6.45) is -1.15. The number of ether oxygens (including phenoxy) is 1. The van der Waals surface area contributed by atoms with Crippen LogP contribution < -0.4 is 10.6 Å². The molecule has 0 bridgehead atoms. The average molecular weight is 331 g/mol. The topological polar surface area (TPSA) is 111 Å². The first kappa shape index (κ1) is 19.8. The summed E-state index contributed by atoms with van der Waals surface area (Å²) in [4.78, 5) is 25.6. The molecule has 8 heteroatoms. The summed E-state index contributed by atoms with van der Waals surface area (Å²) < 4.78 is 5.25. The maximum Gasteiger partial charge on any atom is 0.249 e. The van der Waals surface area contributed by atoms with Crippen LogP contribution in [-0.4, -0.2) is 85.6 Å². The summed E-state index contributed by atoms with van der Waals surface area (Å²) in [5.41, 5.74) is -0.912. The van der Waals surface area contributed by atoms with E-state index < -0.39 is 17.4 Å². The van der Waals surface area contributed by atoms with Crippen molar-refractivity contribution in [2.24, 2.45) is 5.41 Å². The third-order valence-electron chi connectivity index (χ3n) is 3.90. The molecule has 0 aromatic carbocycles. The minimum absolute atomic E-state index is 0.144. The Morgan fingerprint density at radius 3 is 2.48 bits per heavy atom. The van der Waals surface area contributed by atoms with Gasteiger partial charge in [-0.3, -0.25) is 14.5 Å². The molecular formula is C15H29N3O5. The lowest BCUT2D eigenvalue weighted by molar-refractivity contribution is -0.137. The van der Waals surface area contributed by atoms with Crippen molar-refractivity contribution in [1.82, 2.24) is 15.5 Å². The number of morpholine rings is 1. The second-order valence-electron chi connectivity index (χ2n) is 6.39. The van der Waals surface area contributed by atoms with Crippen molar-refractivity contribution in [3.8, 4) is 0 Å². The Labute approximate surface area is 137 Å². The van der Waals surface area contributed by atoms with Crippen LogP contribution in [-0.2, 0) is 14.3 Å². The Morgan fingerprint density at radius 1 is 1.22 bits per heavy atom. The quantitative estimate of drug-likeness (QED) is 0.402. The molecule has 0 aromatic rings. The van der Waals surface area contributed by atoms with Gasteiger partial charge in [0.15, 0.2) is 0 Å². The molecule has 23 heavy (non-hydrogen) atoms. The number of nitrogens with zero attached hydrogens (tertiary/aromatic N) is 1. The number of hydrogen-bond donors (Lipinski definition) is 4. The Balaban J connectivity index is 2.12. The second-order valence-corrected chi connectivity index (χ2v) is 6.39. The molecule has 8 nitrogen and oxygen atoms in total. The number of hydrogen-bond acceptors (Lipinski definition) is 6. The lowest BCUT2D eigenvalue weighted by atomic mass is 9.87. The maximum absolute atomic E-state index is 11.7. The van der Waals surface area contributed by atoms with Gasteiger partial charge in [-0.25, -0.2) is 0 Å². The van der Waals surface area contributed by atoms with Crippen LogP contribution in [0.5, 0.6) is 0 Å². The van der Waals surface area contributed by atoms with Gasteiger partial charge in [-0.05, 0) is 0 Å². The van der Waals surface area contributed by atoms with Crippen LogP contribution in [0.25, 0.3) is 0 Å². The Bertz CT molecular complexity index is 383. The SMILES string of the molecule is CC(C)(CO)[C@@H](O)C(=O)NCCC(=O)NCCN1CCOCC1. The van der Waals surface area contributed by atoms with E-state index in [2.05, 4.69) is 15.5 Å². The van der Waals surface area contributed by atoms with E-state index in [0.29, 0.717) is 6.54 Å². The largest absolute Gasteiger partial charge is 0.396 e. The van der Waals surface area contributed by atoms with E-state index in [1.165, 1.54) is 0 Å². The average Bonchev–Trinajstić information content (AvgIpc) is 2.55. The summed E-state index contributed by atoms with van der Waals surface area (Å²) in [5.74, 6) is -0.723. The Hall–Kier alpha value is -1.22. The van der Waals surface area contributed by atoms with E-state index >= 15 is 0 Å². The maximum atomic E-state index is 11.7. The van der Waals surface area contributed by atoms with Gasteiger partial charge in [-0.2, -0.15) is 0 Å². The predicted molar refractivity (Wildman–Crippen MR) is 84.8 cm³/mol. The van der Waals surface area contributed by atoms with Gasteiger partial charge in [0.05, 0.1) is 19.8 Å². The van der Waals surface area contributed by atoms with Crippen LogP contribution in [0.15, 0.2) is 0 Å². The third kappa shape index (κ3) is 7.26. The van der Waals surface area contributed by atoms with Crippen LogP contribution in [0.3, 0.4) is 0 Å². The molecule has 1 saturated heterocycles. The van der Waals surface area contributed by atoms with E-state index in [-0.39, 0.29) is 25.5 Å². The van der Waals surface area contributed by atoms with Crippen LogP contribution in [0, 0.1) is 5.41 Å². The first-order chi connectivity index (χ1) is 10.9. The molecule has 4 N–H and O–H groups in total. The summed E-state index contributed by atoms with van der Waals surface area (Å²) >= 11 is 0. The zero-order valence-electron chi connectivity index (χ0n) is 14.0. The molecule has 134 valence electrons. The number of nitrogens with one attached hydrogen (secondary N) is 2. The number of carbonyl (C=O) groups excluding carboxylic acids is 2. The minimum atomic E-state index is -1.31. The smallest absolute Gasteiger partial charge is 0.249 e. The standard InChI is InChI=1S/C15H29N3O5/c1-15(2,11-19)13(21)14(22)17-4-3-12(20)16-5-6-18-7-9-23-10-8-18/h13,19,21H,3-11H2,1-2H3,(H,16,20)(H,17,22)/t13-/m0/s1. The second kappa shape index (κ2) is 9.82. The molecule has 2 amide bonds. The summed E-state index contributed by atoms with van der Waals surface area (Å²) in [6.45, 7) is 7.60. The highest BCUT2D eigenvalue weighted by Gasteiger charge is 2.32. The molecule has 0 aromatic heterocycles. The van der Waals surface area contributed by atoms with E-state index in [4.69, 9.17) is 9.84 Å². The van der Waals surface area contributed by atoms with Crippen LogP contribution in [0.4, 0.5) is 0 Å². The molecule has 1 fully saturated rings. The van der Waals surface area contributed by atoms with Crippen molar-refractivity contribution < 1.29 is 24.5 Å². The number of amides is 2. The van der Waals surface area contributed by atoms with Crippen LogP contribution in [0.2, 0.25) is 0 Å². The van der Waals surface area contributed by atoms with Gasteiger partial charge in [0.25, 0.3) is 0 Å². The first-order valence-corrected chi connectivity index (χ1v) is 8.00. The minimum Gasteiger partial charge on any atom is -0.396 e. The molecule has 0 aliphatic carbocycles. The van der Waals surface area contributed by atoms with Crippen molar-refractivity contribution in [2.75, 3.05) is 52.5 Å². The zero-order chi connectivity index (χ0) is 17.3. The number of aliphatic hydroxyl groups excluding tert-OH is 2. The van der Waals surface area contributed by atoms with Crippen LogP contribution >= 0.6 is 0 Å². The lowest BCUT2D eigenvalue weighted by Gasteiger charge is -2.27. The monoisotopic (exact) mass is 331 g/mol. The number of rotatable bonds is 9. The molecule has 0 unspecified atom stereocenters. The number of aliphatic hydroxyl groups is 2. The molecule has 0 spiro atoms. The Morgan fingerprint density at radius 2 is 1.87 bits per heavy atom. The van der Waals surface area contributed by atoms with E-state index in [9.17, 15) is 14.7 Å². The highest BCUT2D eigenvalue weighted by Crippen LogP contribution is 2.19. The van der Waals surface area contributed by atoms with Crippen molar-refractivity contribution >= 4 is 11.8 Å². The van der Waals surface area contributed by atoms with Gasteiger partial charge < -0.3 is 25.6 Å². The molecule has 1 aliphatic rings. The number of carbonyl (C=O) groups is 2. The fourth-order valence-electron chi connectivity index (χ4n) is 2.10. The van der Waals surface area contributed by atoms with Crippen molar-refractivity contribution in [3.05, 3.63) is 0 Å². The fourth-order valence-corrected chi connectivity index (χ4v) is 2.10. The lowest BCUT2D eigenvalue weighted by Crippen LogP contribution is -2.46. The van der Waals surface area contributed by atoms with Gasteiger partial charge in [0, 0.05) is 44.6 Å². The predicted octanol–water partition coefficient (Wildman–Crippen LogP) is -1.68. The molecule has 0 radical (unpaired) electrons. The molecule has 1 atom stereocenters. The van der Waals surface area contributed by atoms with E-state index in [1.807, 2.05) is 0 Å². The van der Waals surface area contributed by atoms with Gasteiger partial charge in [0.1, 0.15) is 6.10 Å². The molecule has 1 aliphatic heterocycles. The normalized spacial score (nSPS) is 17.6. The molecule has 1 heterocycles.